The van der Waals surface area contributed by atoms with Crippen LogP contribution in [0.15, 0.2) is 121 Å². The summed E-state index contributed by atoms with van der Waals surface area (Å²) >= 11 is 0. The quantitative estimate of drug-likeness (QED) is 0.0915. The van der Waals surface area contributed by atoms with Crippen molar-refractivity contribution in [2.45, 2.75) is 64.3 Å². The van der Waals surface area contributed by atoms with Crippen molar-refractivity contribution in [3.8, 4) is 11.8 Å². The largest absolute Gasteiger partial charge is 0.473 e. The molecule has 5 aromatic rings. The number of anilines is 1. The third-order valence-electron chi connectivity index (χ3n) is 10.3. The van der Waals surface area contributed by atoms with E-state index in [1.807, 2.05) is 78.9 Å². The molecule has 1 aliphatic carbocycles. The van der Waals surface area contributed by atoms with Gasteiger partial charge in [-0.2, -0.15) is 18.2 Å². The van der Waals surface area contributed by atoms with Crippen LogP contribution in [-0.2, 0) is 31.1 Å². The Kier molecular flexibility index (Phi) is 12.7. The molecular formula is C45H45F3N4O5. The summed E-state index contributed by atoms with van der Waals surface area (Å²) in [7, 11) is 0. The minimum atomic E-state index is -4.53. The fourth-order valence-corrected chi connectivity index (χ4v) is 6.94. The number of rotatable bonds is 18. The summed E-state index contributed by atoms with van der Waals surface area (Å²) in [5, 5.41) is 5.70. The molecule has 12 heteroatoms. The minimum Gasteiger partial charge on any atom is -0.473 e. The van der Waals surface area contributed by atoms with Crippen LogP contribution in [0.5, 0.6) is 11.8 Å². The highest BCUT2D eigenvalue weighted by molar-refractivity contribution is 6.10. The fraction of sp³-hybridized carbons (Fsp3) is 0.311. The average Bonchev–Trinajstić information content (AvgIpc) is 3.99. The van der Waals surface area contributed by atoms with Gasteiger partial charge in [-0.15, -0.1) is 0 Å². The molecule has 4 aromatic carbocycles. The van der Waals surface area contributed by atoms with E-state index in [9.17, 15) is 22.8 Å². The van der Waals surface area contributed by atoms with E-state index in [4.69, 9.17) is 19.2 Å². The number of nitrogens with one attached hydrogen (secondary N) is 2. The number of pyridine rings is 1. The Bertz CT molecular complexity index is 2100. The molecule has 1 aromatic heterocycles. The highest BCUT2D eigenvalue weighted by Gasteiger charge is 2.40. The Balaban J connectivity index is 1.05. The molecule has 2 amide bonds. The summed E-state index contributed by atoms with van der Waals surface area (Å²) in [6, 6.07) is 37.1. The van der Waals surface area contributed by atoms with Gasteiger partial charge in [0.05, 0.1) is 12.5 Å². The van der Waals surface area contributed by atoms with Crippen LogP contribution in [0.2, 0.25) is 0 Å². The van der Waals surface area contributed by atoms with E-state index in [0.29, 0.717) is 29.7 Å². The first-order valence-corrected chi connectivity index (χ1v) is 19.2. The first kappa shape index (κ1) is 39.4. The Morgan fingerprint density at radius 1 is 0.789 bits per heavy atom. The lowest BCUT2D eigenvalue weighted by atomic mass is 9.93. The van der Waals surface area contributed by atoms with Crippen molar-refractivity contribution in [1.29, 1.82) is 0 Å². The fourth-order valence-electron chi connectivity index (χ4n) is 6.94. The van der Waals surface area contributed by atoms with Crippen molar-refractivity contribution < 1.29 is 37.0 Å². The monoisotopic (exact) mass is 778 g/mol. The molecule has 2 heterocycles. The van der Waals surface area contributed by atoms with Crippen molar-refractivity contribution in [2.24, 2.45) is 11.8 Å². The van der Waals surface area contributed by atoms with Gasteiger partial charge in [0.15, 0.2) is 0 Å². The molecule has 0 radical (unpaired) electrons. The molecule has 0 saturated heterocycles. The molecule has 0 bridgehead atoms. The topological polar surface area (TPSA) is 102 Å². The normalized spacial score (nSPS) is 14.8. The third kappa shape index (κ3) is 10.7. The number of hydrogen-bond donors (Lipinski definition) is 2. The maximum absolute atomic E-state index is 14.2. The summed E-state index contributed by atoms with van der Waals surface area (Å²) in [5.41, 5.74) is 5.35. The van der Waals surface area contributed by atoms with Crippen LogP contribution in [0.1, 0.15) is 69.9 Å². The number of amides is 2. The second kappa shape index (κ2) is 18.4. The first-order valence-electron chi connectivity index (χ1n) is 19.2. The smallest absolute Gasteiger partial charge is 0.407 e. The molecule has 1 fully saturated rings. The van der Waals surface area contributed by atoms with Gasteiger partial charge >= 0.3 is 12.3 Å². The summed E-state index contributed by atoms with van der Waals surface area (Å²) in [6.45, 7) is 0.174. The SMILES string of the molecule is O=C(NCC(CCNC(CC1CC1)c1cccc2c1CN(c1ccc(OCc3ccccc3)nc1OCc1ccccc1)C2=O)C(F)(F)F)OCc1ccccc1. The van der Waals surface area contributed by atoms with Crippen molar-refractivity contribution in [3.63, 3.8) is 0 Å². The van der Waals surface area contributed by atoms with Gasteiger partial charge < -0.3 is 24.8 Å². The van der Waals surface area contributed by atoms with E-state index < -0.39 is 24.7 Å². The summed E-state index contributed by atoms with van der Waals surface area (Å²) in [6.07, 6.45) is -2.87. The first-order chi connectivity index (χ1) is 27.7. The van der Waals surface area contributed by atoms with Crippen LogP contribution < -0.4 is 25.0 Å². The Labute approximate surface area is 330 Å². The average molecular weight is 779 g/mol. The second-order valence-corrected chi connectivity index (χ2v) is 14.4. The molecule has 57 heavy (non-hydrogen) atoms. The number of nitrogens with zero attached hydrogens (tertiary/aromatic N) is 2. The summed E-state index contributed by atoms with van der Waals surface area (Å²) < 4.78 is 59.9. The molecule has 2 N–H and O–H groups in total. The third-order valence-corrected chi connectivity index (χ3v) is 10.3. The van der Waals surface area contributed by atoms with E-state index in [0.717, 1.165) is 47.1 Å². The number of benzene rings is 4. The van der Waals surface area contributed by atoms with Gasteiger partial charge in [0.2, 0.25) is 11.8 Å². The Morgan fingerprint density at radius 2 is 1.42 bits per heavy atom. The van der Waals surface area contributed by atoms with E-state index in [2.05, 4.69) is 10.6 Å². The molecule has 0 spiro atoms. The van der Waals surface area contributed by atoms with Crippen molar-refractivity contribution in [3.05, 3.63) is 155 Å². The molecule has 2 unspecified atom stereocenters. The highest BCUT2D eigenvalue weighted by Crippen LogP contribution is 2.42. The number of carbonyl (C=O) groups excluding carboxylic acids is 2. The van der Waals surface area contributed by atoms with Crippen LogP contribution in [0.3, 0.4) is 0 Å². The van der Waals surface area contributed by atoms with Gasteiger partial charge in [-0.05, 0) is 65.3 Å². The van der Waals surface area contributed by atoms with Gasteiger partial charge in [0.25, 0.3) is 5.91 Å². The zero-order valence-electron chi connectivity index (χ0n) is 31.4. The van der Waals surface area contributed by atoms with Crippen molar-refractivity contribution in [1.82, 2.24) is 15.6 Å². The summed E-state index contributed by atoms with van der Waals surface area (Å²) in [4.78, 5) is 32.7. The zero-order chi connectivity index (χ0) is 39.6. The van der Waals surface area contributed by atoms with Gasteiger partial charge in [0, 0.05) is 24.2 Å². The molecule has 1 aliphatic heterocycles. The lowest BCUT2D eigenvalue weighted by molar-refractivity contribution is -0.174. The van der Waals surface area contributed by atoms with Crippen molar-refractivity contribution in [2.75, 3.05) is 18.0 Å². The lowest BCUT2D eigenvalue weighted by Crippen LogP contribution is -2.38. The zero-order valence-corrected chi connectivity index (χ0v) is 31.4. The van der Waals surface area contributed by atoms with E-state index >= 15 is 0 Å². The van der Waals surface area contributed by atoms with Crippen molar-refractivity contribution >= 4 is 17.7 Å². The molecule has 9 nitrogen and oxygen atoms in total. The highest BCUT2D eigenvalue weighted by atomic mass is 19.4. The lowest BCUT2D eigenvalue weighted by Gasteiger charge is -2.25. The number of ether oxygens (including phenoxy) is 3. The maximum Gasteiger partial charge on any atom is 0.407 e. The number of aromatic nitrogens is 1. The van der Waals surface area contributed by atoms with Gasteiger partial charge in [-0.25, -0.2) is 4.79 Å². The van der Waals surface area contributed by atoms with Crippen LogP contribution in [0.25, 0.3) is 0 Å². The van der Waals surface area contributed by atoms with E-state index in [1.165, 1.54) is 0 Å². The molecule has 2 atom stereocenters. The van der Waals surface area contributed by atoms with Crippen LogP contribution in [-0.4, -0.2) is 36.3 Å². The molecule has 7 rings (SSSR count). The second-order valence-electron chi connectivity index (χ2n) is 14.4. The molecule has 2 aliphatic rings. The number of carbonyl (C=O) groups is 2. The van der Waals surface area contributed by atoms with E-state index in [1.54, 1.807) is 47.4 Å². The summed E-state index contributed by atoms with van der Waals surface area (Å²) in [5.74, 6) is -0.965. The maximum atomic E-state index is 14.2. The number of hydrogen-bond acceptors (Lipinski definition) is 7. The van der Waals surface area contributed by atoms with Crippen LogP contribution in [0, 0.1) is 11.8 Å². The molecule has 296 valence electrons. The standard InChI is InChI=1S/C45H45F3N4O5/c46-45(47,48)35(26-50-44(54)57-30-34-15-8-3-9-16-34)23-24-49-39(25-31-19-20-31)36-17-10-18-37-38(36)27-52(43(37)53)40-21-22-41(55-28-32-11-4-1-5-12-32)51-42(40)56-29-33-13-6-2-7-14-33/h1-18,21-22,31,35,39,49H,19-20,23-30H2,(H,50,54). The predicted octanol–water partition coefficient (Wildman–Crippen LogP) is 9.33. The number of fused-ring (bicyclic) bond motifs is 1. The van der Waals surface area contributed by atoms with Gasteiger partial charge in [0.1, 0.15) is 25.5 Å². The minimum absolute atomic E-state index is 0.0396. The number of alkyl carbamates (subject to hydrolysis) is 1. The predicted molar refractivity (Wildman–Crippen MR) is 210 cm³/mol. The molecular weight excluding hydrogens is 734 g/mol. The Hall–Kier alpha value is -5.88. The van der Waals surface area contributed by atoms with E-state index in [-0.39, 0.29) is 50.6 Å². The number of halogens is 3. The van der Waals surface area contributed by atoms with Crippen LogP contribution >= 0.6 is 0 Å². The van der Waals surface area contributed by atoms with Gasteiger partial charge in [-0.3, -0.25) is 9.69 Å². The van der Waals surface area contributed by atoms with Gasteiger partial charge in [-0.1, -0.05) is 116 Å². The molecule has 1 saturated carbocycles. The number of alkyl halides is 3. The van der Waals surface area contributed by atoms with Crippen LogP contribution in [0.4, 0.5) is 23.7 Å². The Morgan fingerprint density at radius 3 is 2.05 bits per heavy atom.